The number of aliphatic hydroxyl groups excluding tert-OH is 1. The predicted molar refractivity (Wildman–Crippen MR) is 134 cm³/mol. The van der Waals surface area contributed by atoms with Crippen LogP contribution in [0.25, 0.3) is 33.6 Å². The largest absolute Gasteiger partial charge is 0.512 e. The summed E-state index contributed by atoms with van der Waals surface area (Å²) in [6, 6.07) is 16.3. The minimum Gasteiger partial charge on any atom is -0.512 e. The third-order valence-electron chi connectivity index (χ3n) is 5.16. The molecule has 1 N–H and O–H groups in total. The Kier molecular flexibility index (Phi) is 9.14. The van der Waals surface area contributed by atoms with Crippen molar-refractivity contribution in [2.45, 2.75) is 48.5 Å². The number of benzene rings is 2. The molecule has 0 aliphatic carbocycles. The molecule has 4 nitrogen and oxygen atoms in total. The molecular formula is C29H30IrNO3-. The molecule has 5 heteroatoms. The standard InChI is InChI=1S/C24H22NO.C5H8O2.Ir/c1-14-6-15(2)10-19(9-14)21-11-20-12-22(26-23(20)13-25-21)24-17(4)7-16(3)8-18(24)5;1-4(6)3-5(2)7;/h6-9,11-13H,1-5H3;3,6H,1-2H3;/q-1;;/b;4-3-;. The van der Waals surface area contributed by atoms with Gasteiger partial charge in [0.1, 0.15) is 5.76 Å². The molecule has 0 atom stereocenters. The van der Waals surface area contributed by atoms with Crippen molar-refractivity contribution < 1.29 is 34.4 Å². The van der Waals surface area contributed by atoms with Crippen LogP contribution in [-0.2, 0) is 24.9 Å². The van der Waals surface area contributed by atoms with E-state index in [1.54, 1.807) is 0 Å². The van der Waals surface area contributed by atoms with Crippen molar-refractivity contribution in [2.75, 3.05) is 0 Å². The van der Waals surface area contributed by atoms with Gasteiger partial charge in [-0.2, -0.15) is 0 Å². The van der Waals surface area contributed by atoms with Gasteiger partial charge in [0.15, 0.2) is 11.4 Å². The quantitative estimate of drug-likeness (QED) is 0.144. The number of fused-ring (bicyclic) bond motifs is 1. The van der Waals surface area contributed by atoms with Crippen LogP contribution >= 0.6 is 0 Å². The second-order valence-electron chi connectivity index (χ2n) is 8.64. The molecule has 4 rings (SSSR count). The number of ketones is 1. The van der Waals surface area contributed by atoms with Crippen molar-refractivity contribution in [3.05, 3.63) is 88.3 Å². The normalized spacial score (nSPS) is 11.0. The third-order valence-corrected chi connectivity index (χ3v) is 5.16. The summed E-state index contributed by atoms with van der Waals surface area (Å²) in [7, 11) is 0. The van der Waals surface area contributed by atoms with E-state index in [1.165, 1.54) is 47.7 Å². The molecule has 0 aliphatic heterocycles. The first kappa shape index (κ1) is 27.2. The van der Waals surface area contributed by atoms with Gasteiger partial charge in [0.2, 0.25) is 0 Å². The van der Waals surface area contributed by atoms with Gasteiger partial charge in [0.05, 0.1) is 12.0 Å². The zero-order valence-electron chi connectivity index (χ0n) is 20.7. The maximum atomic E-state index is 10.0. The predicted octanol–water partition coefficient (Wildman–Crippen LogP) is 7.54. The molecule has 0 fully saturated rings. The number of rotatable bonds is 3. The van der Waals surface area contributed by atoms with E-state index < -0.39 is 0 Å². The van der Waals surface area contributed by atoms with E-state index in [4.69, 9.17) is 9.52 Å². The van der Waals surface area contributed by atoms with Crippen molar-refractivity contribution in [2.24, 2.45) is 0 Å². The number of carbonyl (C=O) groups is 1. The first-order chi connectivity index (χ1) is 15.5. The van der Waals surface area contributed by atoms with Crippen molar-refractivity contribution in [1.82, 2.24) is 4.98 Å². The number of nitrogens with zero attached hydrogens (tertiary/aromatic N) is 1. The number of pyridine rings is 1. The number of aromatic nitrogens is 1. The fourth-order valence-electron chi connectivity index (χ4n) is 4.11. The molecule has 0 amide bonds. The summed E-state index contributed by atoms with van der Waals surface area (Å²) in [5.41, 5.74) is 10.0. The van der Waals surface area contributed by atoms with Gasteiger partial charge < -0.3 is 14.5 Å². The monoisotopic (exact) mass is 633 g/mol. The molecule has 0 unspecified atom stereocenters. The van der Waals surface area contributed by atoms with E-state index in [9.17, 15) is 4.79 Å². The Bertz CT molecular complexity index is 1320. The molecule has 2 aromatic heterocycles. The molecule has 2 aromatic carbocycles. The first-order valence-electron chi connectivity index (χ1n) is 10.9. The number of aliphatic hydroxyl groups is 1. The van der Waals surface area contributed by atoms with Gasteiger partial charge in [-0.3, -0.25) is 4.79 Å². The Hall–Kier alpha value is -3.01. The molecule has 0 aliphatic rings. The van der Waals surface area contributed by atoms with Gasteiger partial charge >= 0.3 is 0 Å². The topological polar surface area (TPSA) is 63.3 Å². The second kappa shape index (κ2) is 11.4. The van der Waals surface area contributed by atoms with Gasteiger partial charge in [-0.1, -0.05) is 37.6 Å². The van der Waals surface area contributed by atoms with E-state index in [2.05, 4.69) is 82.1 Å². The SMILES string of the molecule is CC(=O)/C=C(/C)O.Cc1[c-]c(-c2cc3cc(-c4c(C)cc(C)cc4C)oc3cn2)cc(C)c1.[Ir]. The molecule has 0 saturated carbocycles. The van der Waals surface area contributed by atoms with Crippen molar-refractivity contribution >= 4 is 16.8 Å². The Morgan fingerprint density at radius 3 is 2.09 bits per heavy atom. The summed E-state index contributed by atoms with van der Waals surface area (Å²) in [6.07, 6.45) is 2.98. The Balaban J connectivity index is 0.000000449. The number of hydrogen-bond donors (Lipinski definition) is 1. The summed E-state index contributed by atoms with van der Waals surface area (Å²) in [6.45, 7) is 13.4. The van der Waals surface area contributed by atoms with Gasteiger partial charge in [0.25, 0.3) is 0 Å². The van der Waals surface area contributed by atoms with Crippen LogP contribution < -0.4 is 0 Å². The summed E-state index contributed by atoms with van der Waals surface area (Å²) in [5.74, 6) is 0.839. The number of furan rings is 1. The van der Waals surface area contributed by atoms with Crippen molar-refractivity contribution in [3.63, 3.8) is 0 Å². The first-order valence-corrected chi connectivity index (χ1v) is 10.9. The van der Waals surface area contributed by atoms with Gasteiger partial charge in [-0.25, -0.2) is 0 Å². The Morgan fingerprint density at radius 1 is 0.941 bits per heavy atom. The molecule has 0 bridgehead atoms. The smallest absolute Gasteiger partial charge is 0.155 e. The van der Waals surface area contributed by atoms with E-state index >= 15 is 0 Å². The average molecular weight is 633 g/mol. The molecule has 34 heavy (non-hydrogen) atoms. The van der Waals surface area contributed by atoms with Crippen LogP contribution in [-0.4, -0.2) is 15.9 Å². The zero-order chi connectivity index (χ0) is 24.3. The van der Waals surface area contributed by atoms with Crippen LogP contribution in [0.3, 0.4) is 0 Å². The number of carbonyl (C=O) groups excluding carboxylic acids is 1. The number of hydrogen-bond acceptors (Lipinski definition) is 4. The van der Waals surface area contributed by atoms with E-state index in [0.29, 0.717) is 0 Å². The van der Waals surface area contributed by atoms with Crippen LogP contribution in [0.4, 0.5) is 0 Å². The van der Waals surface area contributed by atoms with Gasteiger partial charge in [-0.15, -0.1) is 34.9 Å². The molecule has 2 heterocycles. The minimum absolute atomic E-state index is 0. The minimum atomic E-state index is -0.125. The summed E-state index contributed by atoms with van der Waals surface area (Å²) in [5, 5.41) is 9.43. The molecule has 179 valence electrons. The molecule has 0 saturated heterocycles. The van der Waals surface area contributed by atoms with Crippen LogP contribution in [0, 0.1) is 40.7 Å². The van der Waals surface area contributed by atoms with Crippen molar-refractivity contribution in [1.29, 1.82) is 0 Å². The van der Waals surface area contributed by atoms with Crippen molar-refractivity contribution in [3.8, 4) is 22.6 Å². The maximum Gasteiger partial charge on any atom is 0.155 e. The Morgan fingerprint density at radius 2 is 1.56 bits per heavy atom. The number of aryl methyl sites for hydroxylation is 5. The fraction of sp³-hybridized carbons (Fsp3) is 0.241. The Labute approximate surface area is 215 Å². The summed E-state index contributed by atoms with van der Waals surface area (Å²) >= 11 is 0. The maximum absolute atomic E-state index is 10.0. The van der Waals surface area contributed by atoms with Crippen LogP contribution in [0.15, 0.2) is 58.8 Å². The van der Waals surface area contributed by atoms with Crippen LogP contribution in [0.5, 0.6) is 0 Å². The van der Waals surface area contributed by atoms with Gasteiger partial charge in [-0.05, 0) is 57.5 Å². The van der Waals surface area contributed by atoms with E-state index in [0.717, 1.165) is 33.6 Å². The summed E-state index contributed by atoms with van der Waals surface area (Å²) < 4.78 is 6.12. The second-order valence-corrected chi connectivity index (χ2v) is 8.64. The third kappa shape index (κ3) is 6.75. The van der Waals surface area contributed by atoms with Crippen LogP contribution in [0.1, 0.15) is 41.7 Å². The molecule has 4 aromatic rings. The van der Waals surface area contributed by atoms with E-state index in [-0.39, 0.29) is 31.6 Å². The fourth-order valence-corrected chi connectivity index (χ4v) is 4.11. The summed E-state index contributed by atoms with van der Waals surface area (Å²) in [4.78, 5) is 14.6. The zero-order valence-corrected chi connectivity index (χ0v) is 23.1. The number of allylic oxidation sites excluding steroid dienone is 2. The molecule has 1 radical (unpaired) electrons. The van der Waals surface area contributed by atoms with Crippen LogP contribution in [0.2, 0.25) is 0 Å². The van der Waals surface area contributed by atoms with E-state index in [1.807, 2.05) is 6.20 Å². The average Bonchev–Trinajstić information content (AvgIpc) is 3.08. The molecule has 0 spiro atoms. The molecular weight excluding hydrogens is 603 g/mol. The van der Waals surface area contributed by atoms with Gasteiger partial charge in [0, 0.05) is 37.1 Å².